The highest BCUT2D eigenvalue weighted by molar-refractivity contribution is 6.22. The van der Waals surface area contributed by atoms with Gasteiger partial charge in [-0.25, -0.2) is 0 Å². The van der Waals surface area contributed by atoms with Crippen molar-refractivity contribution in [3.63, 3.8) is 0 Å². The summed E-state index contributed by atoms with van der Waals surface area (Å²) in [7, 11) is 0. The molecule has 0 spiro atoms. The molecule has 1 nitrogen and oxygen atoms in total. The average molecular weight is 587 g/mol. The second-order valence-electron chi connectivity index (χ2n) is 13.2. The molecule has 0 aliphatic heterocycles. The van der Waals surface area contributed by atoms with E-state index in [4.69, 9.17) is 4.42 Å². The van der Waals surface area contributed by atoms with Crippen LogP contribution in [0.25, 0.3) is 87.6 Å². The molecule has 46 heavy (non-hydrogen) atoms. The highest BCUT2D eigenvalue weighted by atomic mass is 16.3. The minimum Gasteiger partial charge on any atom is -0.455 e. The van der Waals surface area contributed by atoms with E-state index in [9.17, 15) is 0 Å². The predicted molar refractivity (Wildman–Crippen MR) is 195 cm³/mol. The van der Waals surface area contributed by atoms with Gasteiger partial charge in [0, 0.05) is 21.6 Å². The van der Waals surface area contributed by atoms with Gasteiger partial charge in [0.2, 0.25) is 0 Å². The summed E-state index contributed by atoms with van der Waals surface area (Å²) in [6.07, 6.45) is 0. The third-order valence-corrected chi connectivity index (χ3v) is 10.4. The van der Waals surface area contributed by atoms with Crippen LogP contribution in [-0.2, 0) is 5.41 Å². The van der Waals surface area contributed by atoms with E-state index in [0.717, 1.165) is 11.2 Å². The van der Waals surface area contributed by atoms with E-state index < -0.39 is 0 Å². The Bertz CT molecular complexity index is 2650. The lowest BCUT2D eigenvalue weighted by atomic mass is 9.80. The van der Waals surface area contributed by atoms with Gasteiger partial charge < -0.3 is 4.42 Å². The monoisotopic (exact) mass is 586 g/mol. The molecule has 0 radical (unpaired) electrons. The summed E-state index contributed by atoms with van der Waals surface area (Å²) in [4.78, 5) is 0. The van der Waals surface area contributed by atoms with Crippen LogP contribution in [0.5, 0.6) is 0 Å². The van der Waals surface area contributed by atoms with E-state index in [1.165, 1.54) is 87.6 Å². The molecule has 1 heteroatoms. The first-order valence-corrected chi connectivity index (χ1v) is 16.1. The van der Waals surface area contributed by atoms with Crippen LogP contribution in [0.4, 0.5) is 0 Å². The van der Waals surface area contributed by atoms with Crippen molar-refractivity contribution in [2.75, 3.05) is 0 Å². The maximum absolute atomic E-state index is 6.62. The fraction of sp³-hybridized carbons (Fsp3) is 0.0667. The molecule has 0 unspecified atom stereocenters. The highest BCUT2D eigenvalue weighted by Gasteiger charge is 2.38. The SMILES string of the molecule is CC1(C)c2ccc(-c3c4ccccc4c(-c4ccccc4)c4ccccc34)cc2-c2ccc3oc4c5ccccc5ccc4c3c21. The first-order valence-electron chi connectivity index (χ1n) is 16.1. The Hall–Kier alpha value is -5.66. The summed E-state index contributed by atoms with van der Waals surface area (Å²) in [5.74, 6) is 0. The van der Waals surface area contributed by atoms with Gasteiger partial charge in [0.25, 0.3) is 0 Å². The molecule has 1 aliphatic carbocycles. The van der Waals surface area contributed by atoms with Crippen LogP contribution in [0.3, 0.4) is 0 Å². The van der Waals surface area contributed by atoms with E-state index in [1.54, 1.807) is 0 Å². The van der Waals surface area contributed by atoms with Gasteiger partial charge in [-0.2, -0.15) is 0 Å². The molecule has 0 saturated carbocycles. The Morgan fingerprint density at radius 2 is 1.07 bits per heavy atom. The molecular formula is C45H30O. The molecule has 1 heterocycles. The van der Waals surface area contributed by atoms with Crippen molar-refractivity contribution in [2.45, 2.75) is 19.3 Å². The topological polar surface area (TPSA) is 13.1 Å². The first-order chi connectivity index (χ1) is 22.6. The van der Waals surface area contributed by atoms with Gasteiger partial charge in [-0.1, -0.05) is 141 Å². The molecule has 0 fully saturated rings. The van der Waals surface area contributed by atoms with Gasteiger partial charge in [0.1, 0.15) is 11.2 Å². The zero-order chi connectivity index (χ0) is 30.6. The number of furan rings is 1. The minimum atomic E-state index is -0.174. The number of hydrogen-bond acceptors (Lipinski definition) is 1. The second kappa shape index (κ2) is 9.19. The van der Waals surface area contributed by atoms with E-state index in [-0.39, 0.29) is 5.41 Å². The first kappa shape index (κ1) is 25.6. The molecule has 10 rings (SSSR count). The molecule has 0 atom stereocenters. The van der Waals surface area contributed by atoms with Crippen LogP contribution in [0.15, 0.2) is 150 Å². The van der Waals surface area contributed by atoms with Gasteiger partial charge in [0.05, 0.1) is 0 Å². The van der Waals surface area contributed by atoms with Crippen molar-refractivity contribution in [3.05, 3.63) is 157 Å². The normalized spacial score (nSPS) is 13.6. The molecule has 0 saturated heterocycles. The lowest BCUT2D eigenvalue weighted by molar-refractivity contribution is 0.658. The van der Waals surface area contributed by atoms with Gasteiger partial charge >= 0.3 is 0 Å². The Balaban J connectivity index is 1.26. The molecule has 1 aliphatic rings. The van der Waals surface area contributed by atoms with Gasteiger partial charge in [-0.15, -0.1) is 0 Å². The molecule has 0 amide bonds. The molecule has 1 aromatic heterocycles. The van der Waals surface area contributed by atoms with Crippen LogP contribution in [0.1, 0.15) is 25.0 Å². The summed E-state index contributed by atoms with van der Waals surface area (Å²) in [6.45, 7) is 4.74. The molecule has 0 bridgehead atoms. The summed E-state index contributed by atoms with van der Waals surface area (Å²) < 4.78 is 6.62. The summed E-state index contributed by atoms with van der Waals surface area (Å²) in [5, 5.41) is 9.92. The minimum absolute atomic E-state index is 0.174. The Labute approximate surface area is 267 Å². The highest BCUT2D eigenvalue weighted by Crippen LogP contribution is 2.55. The van der Waals surface area contributed by atoms with Crippen molar-refractivity contribution in [2.24, 2.45) is 0 Å². The maximum atomic E-state index is 6.62. The summed E-state index contributed by atoms with van der Waals surface area (Å²) in [6, 6.07) is 53.3. The Kier molecular flexibility index (Phi) is 5.12. The second-order valence-corrected chi connectivity index (χ2v) is 13.2. The fourth-order valence-electron chi connectivity index (χ4n) is 8.43. The Morgan fingerprint density at radius 3 is 1.76 bits per heavy atom. The molecule has 8 aromatic carbocycles. The van der Waals surface area contributed by atoms with Crippen molar-refractivity contribution >= 4 is 54.3 Å². The third-order valence-electron chi connectivity index (χ3n) is 10.4. The largest absolute Gasteiger partial charge is 0.455 e. The zero-order valence-corrected chi connectivity index (χ0v) is 25.8. The number of benzene rings is 8. The number of rotatable bonds is 2. The fourth-order valence-corrected chi connectivity index (χ4v) is 8.43. The van der Waals surface area contributed by atoms with E-state index in [1.807, 2.05) is 0 Å². The summed E-state index contributed by atoms with van der Waals surface area (Å²) >= 11 is 0. The van der Waals surface area contributed by atoms with Gasteiger partial charge in [-0.05, 0) is 89.6 Å². The van der Waals surface area contributed by atoms with Crippen LogP contribution in [-0.4, -0.2) is 0 Å². The van der Waals surface area contributed by atoms with E-state index >= 15 is 0 Å². The van der Waals surface area contributed by atoms with Gasteiger partial charge in [-0.3, -0.25) is 0 Å². The van der Waals surface area contributed by atoms with Gasteiger partial charge in [0.15, 0.2) is 0 Å². The maximum Gasteiger partial charge on any atom is 0.143 e. The molecule has 216 valence electrons. The van der Waals surface area contributed by atoms with Crippen LogP contribution in [0.2, 0.25) is 0 Å². The lowest BCUT2D eigenvalue weighted by Gasteiger charge is -2.23. The lowest BCUT2D eigenvalue weighted by Crippen LogP contribution is -2.15. The quantitative estimate of drug-likeness (QED) is 0.184. The standard InChI is InChI=1S/C45H30O/c1-45(2)38-24-21-29(41-33-18-10-8-16-31(33)40(28-13-4-3-5-14-28)32-17-9-11-19-34(32)41)26-37(38)35-23-25-39-42(43(35)45)36-22-20-27-12-6-7-15-30(27)44(36)46-39/h3-26H,1-2H3. The zero-order valence-electron chi connectivity index (χ0n) is 25.8. The van der Waals surface area contributed by atoms with Crippen LogP contribution >= 0.6 is 0 Å². The average Bonchev–Trinajstić information content (AvgIpc) is 3.59. The van der Waals surface area contributed by atoms with E-state index in [0.29, 0.717) is 0 Å². The number of fused-ring (bicyclic) bond motifs is 11. The predicted octanol–water partition coefficient (Wildman–Crippen LogP) is 12.7. The van der Waals surface area contributed by atoms with Crippen LogP contribution < -0.4 is 0 Å². The third kappa shape index (κ3) is 3.35. The van der Waals surface area contributed by atoms with Crippen LogP contribution in [0, 0.1) is 0 Å². The molecule has 0 N–H and O–H groups in total. The number of hydrogen-bond donors (Lipinski definition) is 0. The smallest absolute Gasteiger partial charge is 0.143 e. The van der Waals surface area contributed by atoms with Crippen molar-refractivity contribution < 1.29 is 4.42 Å². The van der Waals surface area contributed by atoms with Crippen molar-refractivity contribution in [3.8, 4) is 33.4 Å². The molecule has 9 aromatic rings. The van der Waals surface area contributed by atoms with Crippen molar-refractivity contribution in [1.29, 1.82) is 0 Å². The summed E-state index contributed by atoms with van der Waals surface area (Å²) in [5.41, 5.74) is 12.2. The van der Waals surface area contributed by atoms with E-state index in [2.05, 4.69) is 159 Å². The molecular weight excluding hydrogens is 556 g/mol. The van der Waals surface area contributed by atoms with Crippen molar-refractivity contribution in [1.82, 2.24) is 0 Å². The Morgan fingerprint density at radius 1 is 0.457 bits per heavy atom.